The van der Waals surface area contributed by atoms with E-state index in [1.165, 1.54) is 16.1 Å². The lowest BCUT2D eigenvalue weighted by atomic mass is 10.0. The Balaban J connectivity index is 2.34. The van der Waals surface area contributed by atoms with Crippen molar-refractivity contribution >= 4 is 28.9 Å². The van der Waals surface area contributed by atoms with E-state index in [0.717, 1.165) is 5.56 Å². The summed E-state index contributed by atoms with van der Waals surface area (Å²) in [6.45, 7) is 8.68. The van der Waals surface area contributed by atoms with Crippen LogP contribution in [-0.2, 0) is 26.7 Å². The van der Waals surface area contributed by atoms with Crippen LogP contribution in [0.1, 0.15) is 39.2 Å². The minimum absolute atomic E-state index is 0.0551. The van der Waals surface area contributed by atoms with Gasteiger partial charge in [0, 0.05) is 5.56 Å². The third kappa shape index (κ3) is 5.08. The molecule has 1 aromatic heterocycles. The first-order chi connectivity index (χ1) is 11.9. The van der Waals surface area contributed by atoms with Crippen LogP contribution in [0.15, 0.2) is 39.6 Å². The van der Waals surface area contributed by atoms with Crippen LogP contribution in [-0.4, -0.2) is 18.0 Å². The molecule has 0 saturated carbocycles. The van der Waals surface area contributed by atoms with E-state index in [1.54, 1.807) is 0 Å². The fourth-order valence-electron chi connectivity index (χ4n) is 2.38. The molecule has 25 heavy (non-hydrogen) atoms. The molecule has 0 bridgehead atoms. The average Bonchev–Trinajstić information content (AvgIpc) is 2.91. The number of hydrogen-bond acceptors (Lipinski definition) is 6. The van der Waals surface area contributed by atoms with Gasteiger partial charge >= 0.3 is 0 Å². The molecule has 0 fully saturated rings. The zero-order valence-corrected chi connectivity index (χ0v) is 17.5. The smallest absolute Gasteiger partial charge is 0.287 e. The van der Waals surface area contributed by atoms with Crippen molar-refractivity contribution in [3.8, 4) is 11.3 Å². The highest BCUT2D eigenvalue weighted by Crippen LogP contribution is 2.61. The lowest BCUT2D eigenvalue weighted by Crippen LogP contribution is -2.17. The second-order valence-electron chi connectivity index (χ2n) is 5.58. The maximum absolute atomic E-state index is 12.8. The molecular weight excluding hydrogens is 377 g/mol. The Hall–Kier alpha value is -0.850. The van der Waals surface area contributed by atoms with Crippen molar-refractivity contribution in [3.63, 3.8) is 0 Å². The van der Waals surface area contributed by atoms with Crippen LogP contribution in [0.3, 0.4) is 0 Å². The summed E-state index contributed by atoms with van der Waals surface area (Å²) in [4.78, 5) is 12.8. The highest BCUT2D eigenvalue weighted by atomic mass is 32.9. The summed E-state index contributed by atoms with van der Waals surface area (Å²) < 4.78 is 18.5. The zero-order chi connectivity index (χ0) is 18.4. The zero-order valence-electron chi connectivity index (χ0n) is 14.9. The number of rotatable bonds is 9. The van der Waals surface area contributed by atoms with Crippen LogP contribution in [0.2, 0.25) is 0 Å². The summed E-state index contributed by atoms with van der Waals surface area (Å²) in [5, 5.41) is 0. The Morgan fingerprint density at radius 3 is 2.32 bits per heavy atom. The molecule has 5 nitrogen and oxygen atoms in total. The SMILES string of the molecule is CCOP(=S)(OCC)SCn1oc(-c2ccccc2)c(C(C)C)c1=O. The van der Waals surface area contributed by atoms with Crippen molar-refractivity contribution in [2.75, 3.05) is 13.2 Å². The molecule has 0 aliphatic heterocycles. The van der Waals surface area contributed by atoms with Gasteiger partial charge in [-0.1, -0.05) is 44.2 Å². The van der Waals surface area contributed by atoms with Crippen LogP contribution < -0.4 is 5.56 Å². The number of nitrogens with zero attached hydrogens (tertiary/aromatic N) is 1. The summed E-state index contributed by atoms with van der Waals surface area (Å²) in [5.41, 5.74) is -1.04. The van der Waals surface area contributed by atoms with E-state index < -0.39 is 5.69 Å². The highest BCUT2D eigenvalue weighted by molar-refractivity contribution is 8.67. The first kappa shape index (κ1) is 20.5. The van der Waals surface area contributed by atoms with Gasteiger partial charge in [0.1, 0.15) is 5.88 Å². The maximum atomic E-state index is 12.8. The molecule has 138 valence electrons. The molecule has 0 radical (unpaired) electrons. The van der Waals surface area contributed by atoms with Crippen LogP contribution in [0, 0.1) is 0 Å². The van der Waals surface area contributed by atoms with E-state index in [0.29, 0.717) is 24.5 Å². The summed E-state index contributed by atoms with van der Waals surface area (Å²) in [6.07, 6.45) is 0. The Morgan fingerprint density at radius 1 is 1.20 bits per heavy atom. The van der Waals surface area contributed by atoms with Gasteiger partial charge in [0.05, 0.1) is 18.8 Å². The van der Waals surface area contributed by atoms with Gasteiger partial charge in [-0.15, -0.1) is 0 Å². The summed E-state index contributed by atoms with van der Waals surface area (Å²) in [5.74, 6) is 0.935. The van der Waals surface area contributed by atoms with Crippen molar-refractivity contribution in [2.24, 2.45) is 0 Å². The predicted molar refractivity (Wildman–Crippen MR) is 108 cm³/mol. The van der Waals surface area contributed by atoms with Gasteiger partial charge in [0.2, 0.25) is 5.69 Å². The van der Waals surface area contributed by atoms with E-state index >= 15 is 0 Å². The summed E-state index contributed by atoms with van der Waals surface area (Å²) in [7, 11) is 0. The molecule has 2 aromatic rings. The van der Waals surface area contributed by atoms with Crippen LogP contribution in [0.25, 0.3) is 11.3 Å². The fourth-order valence-corrected chi connectivity index (χ4v) is 6.52. The van der Waals surface area contributed by atoms with Gasteiger partial charge in [0.25, 0.3) is 5.56 Å². The van der Waals surface area contributed by atoms with Crippen molar-refractivity contribution in [1.29, 1.82) is 0 Å². The molecule has 2 rings (SSSR count). The van der Waals surface area contributed by atoms with Crippen LogP contribution in [0.5, 0.6) is 0 Å². The molecular formula is C17H24NO4PS2. The number of benzene rings is 1. The van der Waals surface area contributed by atoms with Crippen molar-refractivity contribution in [3.05, 3.63) is 46.2 Å². The van der Waals surface area contributed by atoms with E-state index in [2.05, 4.69) is 0 Å². The maximum Gasteiger partial charge on any atom is 0.287 e. The normalized spacial score (nSPS) is 12.0. The molecule has 8 heteroatoms. The summed E-state index contributed by atoms with van der Waals surface area (Å²) in [6, 6.07) is 9.66. The Kier molecular flexibility index (Phi) is 7.52. The fraction of sp³-hybridized carbons (Fsp3) is 0.471. The van der Waals surface area contributed by atoms with Gasteiger partial charge in [-0.3, -0.25) is 4.79 Å². The molecule has 0 aliphatic carbocycles. The largest absolute Gasteiger partial charge is 0.375 e. The first-order valence-corrected chi connectivity index (χ1v) is 12.5. The van der Waals surface area contributed by atoms with Crippen molar-refractivity contribution in [1.82, 2.24) is 4.74 Å². The lowest BCUT2D eigenvalue weighted by molar-refractivity contribution is 0.278. The third-order valence-corrected chi connectivity index (χ3v) is 8.75. The summed E-state index contributed by atoms with van der Waals surface area (Å²) >= 11 is 6.82. The third-order valence-electron chi connectivity index (χ3n) is 3.42. The van der Waals surface area contributed by atoms with Crippen LogP contribution >= 0.6 is 17.1 Å². The van der Waals surface area contributed by atoms with E-state index in [9.17, 15) is 4.79 Å². The molecule has 1 aromatic carbocycles. The van der Waals surface area contributed by atoms with Crippen molar-refractivity contribution in [2.45, 2.75) is 39.5 Å². The molecule has 1 heterocycles. The van der Waals surface area contributed by atoms with Crippen LogP contribution in [0.4, 0.5) is 0 Å². The monoisotopic (exact) mass is 401 g/mol. The van der Waals surface area contributed by atoms with Crippen molar-refractivity contribution < 1.29 is 13.6 Å². The minimum atomic E-state index is -2.48. The molecule has 0 spiro atoms. The first-order valence-electron chi connectivity index (χ1n) is 8.25. The van der Waals surface area contributed by atoms with Gasteiger partial charge < -0.3 is 13.6 Å². The minimum Gasteiger partial charge on any atom is -0.375 e. The van der Waals surface area contributed by atoms with E-state index in [1.807, 2.05) is 58.0 Å². The van der Waals surface area contributed by atoms with Gasteiger partial charge in [-0.2, -0.15) is 4.74 Å². The predicted octanol–water partition coefficient (Wildman–Crippen LogP) is 5.22. The van der Waals surface area contributed by atoms with E-state index in [4.69, 9.17) is 25.4 Å². The molecule has 0 atom stereocenters. The van der Waals surface area contributed by atoms with E-state index in [-0.39, 0.29) is 17.4 Å². The molecule has 0 N–H and O–H groups in total. The average molecular weight is 401 g/mol. The molecule has 0 unspecified atom stereocenters. The Bertz CT molecular complexity index is 776. The number of hydrogen-bond donors (Lipinski definition) is 0. The quantitative estimate of drug-likeness (QED) is 0.537. The number of aromatic nitrogens is 1. The molecule has 0 aliphatic rings. The van der Waals surface area contributed by atoms with Gasteiger partial charge in [0.15, 0.2) is 5.76 Å². The topological polar surface area (TPSA) is 53.6 Å². The molecule has 0 saturated heterocycles. The standard InChI is InChI=1S/C17H24NO4PS2/c1-5-20-23(24,21-6-2)25-12-18-17(19)15(13(3)4)16(22-18)14-10-8-7-9-11-14/h7-11,13H,5-6,12H2,1-4H3. The second kappa shape index (κ2) is 9.19. The second-order valence-corrected chi connectivity index (χ2v) is 11.9. The Morgan fingerprint density at radius 2 is 1.80 bits per heavy atom. The molecule has 0 amide bonds. The van der Waals surface area contributed by atoms with Gasteiger partial charge in [-0.25, -0.2) is 0 Å². The highest BCUT2D eigenvalue weighted by Gasteiger charge is 2.24. The Labute approximate surface area is 157 Å². The lowest BCUT2D eigenvalue weighted by Gasteiger charge is -2.19. The van der Waals surface area contributed by atoms with Gasteiger partial charge in [-0.05, 0) is 43.0 Å².